The summed E-state index contributed by atoms with van der Waals surface area (Å²) in [5.74, 6) is 1.14. The fourth-order valence-electron chi connectivity index (χ4n) is 1.90. The van der Waals surface area contributed by atoms with Gasteiger partial charge in [0.25, 0.3) is 0 Å². The van der Waals surface area contributed by atoms with Crippen LogP contribution in [0.15, 0.2) is 4.99 Å². The molecule has 2 aliphatic rings. The van der Waals surface area contributed by atoms with Gasteiger partial charge in [-0.3, -0.25) is 4.99 Å². The van der Waals surface area contributed by atoms with Crippen LogP contribution in [-0.4, -0.2) is 35.7 Å². The van der Waals surface area contributed by atoms with Crippen molar-refractivity contribution in [1.82, 2.24) is 5.32 Å². The molecule has 1 N–H and O–H groups in total. The molecule has 0 radical (unpaired) electrons. The third-order valence-corrected chi connectivity index (χ3v) is 4.22. The first-order valence-corrected chi connectivity index (χ1v) is 6.77. The molecule has 1 saturated heterocycles. The van der Waals surface area contributed by atoms with Gasteiger partial charge in [-0.1, -0.05) is 18.7 Å². The van der Waals surface area contributed by atoms with E-state index < -0.39 is 0 Å². The Morgan fingerprint density at radius 1 is 1.53 bits per heavy atom. The van der Waals surface area contributed by atoms with E-state index in [4.69, 9.17) is 4.74 Å². The van der Waals surface area contributed by atoms with Crippen molar-refractivity contribution >= 4 is 16.9 Å². The standard InChI is InChI=1S/C11H20N2OS/c1-3-9-8-15-10(12-9)13-11(2)4-6-14-7-5-11/h9H,3-8H2,1-2H3,(H,12,13). The molecular formula is C11H20N2OS. The van der Waals surface area contributed by atoms with E-state index in [0.717, 1.165) is 43.4 Å². The monoisotopic (exact) mass is 228 g/mol. The molecule has 4 heteroatoms. The molecule has 1 unspecified atom stereocenters. The van der Waals surface area contributed by atoms with E-state index in [9.17, 15) is 0 Å². The summed E-state index contributed by atoms with van der Waals surface area (Å²) in [6, 6.07) is 0.529. The number of nitrogens with zero attached hydrogens (tertiary/aromatic N) is 1. The van der Waals surface area contributed by atoms with Crippen LogP contribution < -0.4 is 5.32 Å². The van der Waals surface area contributed by atoms with Crippen LogP contribution in [-0.2, 0) is 4.74 Å². The number of hydrogen-bond donors (Lipinski definition) is 1. The van der Waals surface area contributed by atoms with Crippen LogP contribution in [0, 0.1) is 0 Å². The number of aliphatic imine (C=N–C) groups is 1. The third kappa shape index (κ3) is 2.88. The van der Waals surface area contributed by atoms with Crippen molar-refractivity contribution in [2.24, 2.45) is 4.99 Å². The summed E-state index contributed by atoms with van der Waals surface area (Å²) < 4.78 is 5.39. The Hall–Kier alpha value is -0.220. The zero-order chi connectivity index (χ0) is 10.7. The second-order valence-electron chi connectivity index (χ2n) is 4.61. The predicted molar refractivity (Wildman–Crippen MR) is 65.6 cm³/mol. The molecular weight excluding hydrogens is 208 g/mol. The van der Waals surface area contributed by atoms with Crippen LogP contribution in [0.4, 0.5) is 0 Å². The number of rotatable bonds is 2. The number of amidine groups is 1. The highest BCUT2D eigenvalue weighted by molar-refractivity contribution is 8.14. The molecule has 1 fully saturated rings. The van der Waals surface area contributed by atoms with Crippen molar-refractivity contribution in [2.45, 2.75) is 44.7 Å². The van der Waals surface area contributed by atoms with Gasteiger partial charge in [-0.15, -0.1) is 0 Å². The minimum Gasteiger partial charge on any atom is -0.381 e. The summed E-state index contributed by atoms with van der Waals surface area (Å²) in [6.45, 7) is 6.23. The maximum atomic E-state index is 5.39. The van der Waals surface area contributed by atoms with Crippen molar-refractivity contribution in [3.8, 4) is 0 Å². The first-order chi connectivity index (χ1) is 7.22. The van der Waals surface area contributed by atoms with E-state index >= 15 is 0 Å². The van der Waals surface area contributed by atoms with Crippen LogP contribution in [0.25, 0.3) is 0 Å². The van der Waals surface area contributed by atoms with E-state index in [0.29, 0.717) is 6.04 Å². The number of hydrogen-bond acceptors (Lipinski definition) is 4. The summed E-state index contributed by atoms with van der Waals surface area (Å²) in [7, 11) is 0. The molecule has 0 spiro atoms. The van der Waals surface area contributed by atoms with Gasteiger partial charge >= 0.3 is 0 Å². The highest BCUT2D eigenvalue weighted by Gasteiger charge is 2.30. The van der Waals surface area contributed by atoms with Crippen molar-refractivity contribution < 1.29 is 4.74 Å². The number of nitrogens with one attached hydrogen (secondary N) is 1. The zero-order valence-corrected chi connectivity index (χ0v) is 10.4. The predicted octanol–water partition coefficient (Wildman–Crippen LogP) is 2.03. The molecule has 0 aromatic carbocycles. The van der Waals surface area contributed by atoms with Crippen LogP contribution >= 0.6 is 11.8 Å². The van der Waals surface area contributed by atoms with Crippen LogP contribution in [0.5, 0.6) is 0 Å². The molecule has 0 saturated carbocycles. The van der Waals surface area contributed by atoms with Gasteiger partial charge in [0.2, 0.25) is 0 Å². The fourth-order valence-corrected chi connectivity index (χ4v) is 3.10. The average Bonchev–Trinajstić information content (AvgIpc) is 2.66. The quantitative estimate of drug-likeness (QED) is 0.785. The Balaban J connectivity index is 1.90. The van der Waals surface area contributed by atoms with Crippen molar-refractivity contribution in [3.05, 3.63) is 0 Å². The highest BCUT2D eigenvalue weighted by atomic mass is 32.2. The van der Waals surface area contributed by atoms with E-state index in [-0.39, 0.29) is 5.54 Å². The molecule has 86 valence electrons. The molecule has 1 atom stereocenters. The molecule has 0 amide bonds. The summed E-state index contributed by atoms with van der Waals surface area (Å²) >= 11 is 1.87. The molecule has 2 heterocycles. The number of ether oxygens (including phenoxy) is 1. The van der Waals surface area contributed by atoms with Crippen LogP contribution in [0.1, 0.15) is 33.1 Å². The average molecular weight is 228 g/mol. The Labute approximate surface area is 96.1 Å². The third-order valence-electron chi connectivity index (χ3n) is 3.19. The lowest BCUT2D eigenvalue weighted by Gasteiger charge is -2.34. The molecule has 0 aromatic rings. The Morgan fingerprint density at radius 2 is 2.27 bits per heavy atom. The zero-order valence-electron chi connectivity index (χ0n) is 9.58. The van der Waals surface area contributed by atoms with Gasteiger partial charge in [0, 0.05) is 24.5 Å². The summed E-state index contributed by atoms with van der Waals surface area (Å²) in [5, 5.41) is 4.74. The summed E-state index contributed by atoms with van der Waals surface area (Å²) in [5.41, 5.74) is 0.201. The van der Waals surface area contributed by atoms with Crippen molar-refractivity contribution in [2.75, 3.05) is 19.0 Å². The topological polar surface area (TPSA) is 33.6 Å². The second kappa shape index (κ2) is 4.74. The molecule has 0 aliphatic carbocycles. The minimum absolute atomic E-state index is 0.201. The summed E-state index contributed by atoms with van der Waals surface area (Å²) in [4.78, 5) is 4.67. The molecule has 2 rings (SSSR count). The summed E-state index contributed by atoms with van der Waals surface area (Å²) in [6.07, 6.45) is 3.32. The maximum absolute atomic E-state index is 5.39. The van der Waals surface area contributed by atoms with Gasteiger partial charge in [-0.05, 0) is 26.2 Å². The first-order valence-electron chi connectivity index (χ1n) is 5.78. The van der Waals surface area contributed by atoms with E-state index in [1.165, 1.54) is 0 Å². The lowest BCUT2D eigenvalue weighted by molar-refractivity contribution is 0.0527. The van der Waals surface area contributed by atoms with E-state index in [1.807, 2.05) is 11.8 Å². The molecule has 0 aromatic heterocycles. The smallest absolute Gasteiger partial charge is 0.157 e. The first kappa shape index (κ1) is 11.3. The van der Waals surface area contributed by atoms with Gasteiger partial charge in [-0.2, -0.15) is 0 Å². The SMILES string of the molecule is CCC1CSC(NC2(C)CCOCC2)=N1. The van der Waals surface area contributed by atoms with E-state index in [2.05, 4.69) is 24.2 Å². The Bertz CT molecular complexity index is 249. The lowest BCUT2D eigenvalue weighted by Crippen LogP contribution is -2.48. The van der Waals surface area contributed by atoms with Gasteiger partial charge in [0.15, 0.2) is 5.17 Å². The van der Waals surface area contributed by atoms with Gasteiger partial charge < -0.3 is 10.1 Å². The lowest BCUT2D eigenvalue weighted by atomic mass is 9.93. The van der Waals surface area contributed by atoms with Crippen molar-refractivity contribution in [1.29, 1.82) is 0 Å². The van der Waals surface area contributed by atoms with Crippen LogP contribution in [0.2, 0.25) is 0 Å². The Kier molecular flexibility index (Phi) is 3.57. The van der Waals surface area contributed by atoms with Gasteiger partial charge in [0.05, 0.1) is 6.04 Å². The molecule has 2 aliphatic heterocycles. The molecule has 15 heavy (non-hydrogen) atoms. The normalized spacial score (nSPS) is 30.0. The largest absolute Gasteiger partial charge is 0.381 e. The highest BCUT2D eigenvalue weighted by Crippen LogP contribution is 2.25. The molecule has 0 bridgehead atoms. The Morgan fingerprint density at radius 3 is 2.87 bits per heavy atom. The van der Waals surface area contributed by atoms with Crippen molar-refractivity contribution in [3.63, 3.8) is 0 Å². The second-order valence-corrected chi connectivity index (χ2v) is 5.61. The minimum atomic E-state index is 0.201. The van der Waals surface area contributed by atoms with Gasteiger partial charge in [0.1, 0.15) is 0 Å². The molecule has 3 nitrogen and oxygen atoms in total. The van der Waals surface area contributed by atoms with E-state index in [1.54, 1.807) is 0 Å². The maximum Gasteiger partial charge on any atom is 0.157 e. The fraction of sp³-hybridized carbons (Fsp3) is 0.909. The van der Waals surface area contributed by atoms with Crippen LogP contribution in [0.3, 0.4) is 0 Å². The number of thioether (sulfide) groups is 1. The van der Waals surface area contributed by atoms with Gasteiger partial charge in [-0.25, -0.2) is 0 Å².